The number of amides is 1. The Bertz CT molecular complexity index is 1810. The van der Waals surface area contributed by atoms with Gasteiger partial charge in [0, 0.05) is 25.1 Å². The van der Waals surface area contributed by atoms with Gasteiger partial charge >= 0.3 is 0 Å². The van der Waals surface area contributed by atoms with Crippen molar-refractivity contribution in [2.75, 3.05) is 19.6 Å². The lowest BCUT2D eigenvalue weighted by molar-refractivity contribution is -0.253. The Morgan fingerprint density at radius 3 is 2.10 bits per heavy atom. The van der Waals surface area contributed by atoms with Crippen molar-refractivity contribution in [2.24, 2.45) is 0 Å². The second kappa shape index (κ2) is 18.2. The molecule has 4 aromatic rings. The number of aliphatic hydroxyl groups is 1. The van der Waals surface area contributed by atoms with Crippen LogP contribution in [-0.2, 0) is 43.9 Å². The molecule has 2 heterocycles. The van der Waals surface area contributed by atoms with Gasteiger partial charge in [-0.05, 0) is 73.7 Å². The van der Waals surface area contributed by atoms with E-state index in [2.05, 4.69) is 14.9 Å². The average molecular weight is 726 g/mol. The van der Waals surface area contributed by atoms with Crippen LogP contribution in [0.1, 0.15) is 84.3 Å². The van der Waals surface area contributed by atoms with Crippen molar-refractivity contribution in [3.8, 4) is 0 Å². The highest BCUT2D eigenvalue weighted by atomic mass is 32.2. The highest BCUT2D eigenvalue weighted by Gasteiger charge is 2.33. The molecule has 0 saturated carbocycles. The molecule has 1 amide bonds. The van der Waals surface area contributed by atoms with Crippen molar-refractivity contribution in [2.45, 2.75) is 94.5 Å². The standard InChI is InChI=1S/C42H51N3O6S/c1-31-12-22-38(23-13-31)52(48,49)44-39(26-32-10-6-5-7-11-32)41(47)43-28-33-14-20-36(21-15-33)42-50-37(29-45-24-8-3-2-4-9-25-45)27-40(51-42)35-18-16-34(30-46)17-19-35/h5-7,10-23,37,39-40,42,44,46H,2-4,8-9,24-30H2,1H3,(H,43,47). The van der Waals surface area contributed by atoms with Gasteiger partial charge in [-0.1, -0.05) is 116 Å². The fourth-order valence-electron chi connectivity index (χ4n) is 6.93. The number of hydrogen-bond acceptors (Lipinski definition) is 7. The fraction of sp³-hybridized carbons (Fsp3) is 0.405. The van der Waals surface area contributed by atoms with Crippen molar-refractivity contribution < 1.29 is 27.8 Å². The Morgan fingerprint density at radius 1 is 0.788 bits per heavy atom. The molecule has 276 valence electrons. The summed E-state index contributed by atoms with van der Waals surface area (Å²) >= 11 is 0. The molecule has 0 bridgehead atoms. The minimum atomic E-state index is -3.94. The van der Waals surface area contributed by atoms with Gasteiger partial charge in [0.05, 0.1) is 23.7 Å². The molecule has 0 aromatic heterocycles. The molecule has 2 aliphatic heterocycles. The van der Waals surface area contributed by atoms with E-state index in [0.717, 1.165) is 59.4 Å². The summed E-state index contributed by atoms with van der Waals surface area (Å²) in [5.41, 5.74) is 5.46. The zero-order valence-corrected chi connectivity index (χ0v) is 30.8. The van der Waals surface area contributed by atoms with Gasteiger partial charge in [-0.3, -0.25) is 4.79 Å². The van der Waals surface area contributed by atoms with Crippen LogP contribution in [0.5, 0.6) is 0 Å². The van der Waals surface area contributed by atoms with Gasteiger partial charge in [-0.2, -0.15) is 4.72 Å². The summed E-state index contributed by atoms with van der Waals surface area (Å²) in [5.74, 6) is -0.412. The summed E-state index contributed by atoms with van der Waals surface area (Å²) in [4.78, 5) is 16.2. The zero-order valence-electron chi connectivity index (χ0n) is 30.0. The molecular formula is C42H51N3O6S. The lowest BCUT2D eigenvalue weighted by Crippen LogP contribution is -2.47. The van der Waals surface area contributed by atoms with Crippen molar-refractivity contribution in [3.63, 3.8) is 0 Å². The van der Waals surface area contributed by atoms with Crippen LogP contribution in [-0.4, -0.2) is 56.1 Å². The number of sulfonamides is 1. The van der Waals surface area contributed by atoms with Gasteiger partial charge in [0.1, 0.15) is 6.04 Å². The fourth-order valence-corrected chi connectivity index (χ4v) is 8.13. The predicted molar refractivity (Wildman–Crippen MR) is 202 cm³/mol. The molecule has 2 fully saturated rings. The van der Waals surface area contributed by atoms with Crippen LogP contribution in [0.2, 0.25) is 0 Å². The number of aryl methyl sites for hydroxylation is 1. The van der Waals surface area contributed by atoms with Gasteiger partial charge in [-0.15, -0.1) is 0 Å². The van der Waals surface area contributed by atoms with Crippen LogP contribution in [0.3, 0.4) is 0 Å². The van der Waals surface area contributed by atoms with E-state index in [4.69, 9.17) is 9.47 Å². The summed E-state index contributed by atoms with van der Waals surface area (Å²) in [7, 11) is -3.94. The van der Waals surface area contributed by atoms with E-state index in [-0.39, 0.29) is 36.7 Å². The van der Waals surface area contributed by atoms with E-state index in [1.807, 2.05) is 85.8 Å². The maximum absolute atomic E-state index is 13.6. The van der Waals surface area contributed by atoms with Crippen molar-refractivity contribution in [3.05, 3.63) is 137 Å². The largest absolute Gasteiger partial charge is 0.392 e. The molecule has 10 heteroatoms. The number of nitrogens with one attached hydrogen (secondary N) is 2. The maximum atomic E-state index is 13.6. The number of nitrogens with zero attached hydrogens (tertiary/aromatic N) is 1. The van der Waals surface area contributed by atoms with Crippen molar-refractivity contribution in [1.29, 1.82) is 0 Å². The van der Waals surface area contributed by atoms with Gasteiger partial charge < -0.3 is 24.8 Å². The quantitative estimate of drug-likeness (QED) is 0.144. The predicted octanol–water partition coefficient (Wildman–Crippen LogP) is 6.50. The van der Waals surface area contributed by atoms with Gasteiger partial charge in [0.25, 0.3) is 0 Å². The van der Waals surface area contributed by atoms with Gasteiger partial charge in [-0.25, -0.2) is 8.42 Å². The smallest absolute Gasteiger partial charge is 0.241 e. The Morgan fingerprint density at radius 2 is 1.42 bits per heavy atom. The summed E-state index contributed by atoms with van der Waals surface area (Å²) in [6.07, 6.45) is 6.50. The summed E-state index contributed by atoms with van der Waals surface area (Å²) in [5, 5.41) is 12.5. The number of ether oxygens (including phenoxy) is 2. The molecular weight excluding hydrogens is 675 g/mol. The molecule has 9 nitrogen and oxygen atoms in total. The number of rotatable bonds is 13. The third-order valence-corrected chi connectivity index (χ3v) is 11.5. The molecule has 2 saturated heterocycles. The molecule has 4 atom stereocenters. The van der Waals surface area contributed by atoms with Crippen LogP contribution in [0.25, 0.3) is 0 Å². The Labute approximate surface area is 308 Å². The third kappa shape index (κ3) is 10.6. The third-order valence-electron chi connectivity index (χ3n) is 9.97. The first-order valence-corrected chi connectivity index (χ1v) is 20.0. The summed E-state index contributed by atoms with van der Waals surface area (Å²) < 4.78 is 42.4. The second-order valence-electron chi connectivity index (χ2n) is 14.1. The Kier molecular flexibility index (Phi) is 13.3. The average Bonchev–Trinajstić information content (AvgIpc) is 3.15. The first-order valence-electron chi connectivity index (χ1n) is 18.5. The van der Waals surface area contributed by atoms with E-state index >= 15 is 0 Å². The van der Waals surface area contributed by atoms with Gasteiger partial charge in [0.2, 0.25) is 15.9 Å². The number of benzene rings is 4. The number of hydrogen-bond donors (Lipinski definition) is 3. The molecule has 0 spiro atoms. The van der Waals surface area contributed by atoms with E-state index in [0.29, 0.717) is 0 Å². The van der Waals surface area contributed by atoms with E-state index in [1.54, 1.807) is 24.3 Å². The minimum absolute atomic E-state index is 0.00134. The second-order valence-corrected chi connectivity index (χ2v) is 15.8. The molecule has 0 aliphatic carbocycles. The number of aliphatic hydroxyl groups excluding tert-OH is 1. The minimum Gasteiger partial charge on any atom is -0.392 e. The Balaban J connectivity index is 1.13. The van der Waals surface area contributed by atoms with E-state index in [1.165, 1.54) is 32.1 Å². The van der Waals surface area contributed by atoms with Crippen LogP contribution in [0.15, 0.2) is 108 Å². The van der Waals surface area contributed by atoms with Crippen molar-refractivity contribution in [1.82, 2.24) is 14.9 Å². The highest BCUT2D eigenvalue weighted by Crippen LogP contribution is 2.38. The molecule has 2 aliphatic rings. The van der Waals surface area contributed by atoms with Gasteiger partial charge in [0.15, 0.2) is 6.29 Å². The van der Waals surface area contributed by atoms with E-state index in [9.17, 15) is 18.3 Å². The molecule has 0 radical (unpaired) electrons. The lowest BCUT2D eigenvalue weighted by atomic mass is 9.99. The molecule has 52 heavy (non-hydrogen) atoms. The Hall–Kier alpha value is -3.90. The number of carbonyl (C=O) groups excluding carboxylic acids is 1. The lowest BCUT2D eigenvalue weighted by Gasteiger charge is -2.38. The number of likely N-dealkylation sites (tertiary alicyclic amines) is 1. The highest BCUT2D eigenvalue weighted by molar-refractivity contribution is 7.89. The first kappa shape index (κ1) is 37.8. The normalized spacial score (nSPS) is 20.8. The van der Waals surface area contributed by atoms with Crippen LogP contribution in [0, 0.1) is 6.92 Å². The van der Waals surface area contributed by atoms with Crippen molar-refractivity contribution >= 4 is 15.9 Å². The number of carbonyl (C=O) groups is 1. The maximum Gasteiger partial charge on any atom is 0.241 e. The molecule has 4 unspecified atom stereocenters. The zero-order chi connectivity index (χ0) is 36.3. The molecule has 6 rings (SSSR count). The first-order chi connectivity index (χ1) is 25.3. The molecule has 3 N–H and O–H groups in total. The molecule has 4 aromatic carbocycles. The van der Waals surface area contributed by atoms with E-state index < -0.39 is 28.3 Å². The van der Waals surface area contributed by atoms with Crippen LogP contribution < -0.4 is 10.0 Å². The summed E-state index contributed by atoms with van der Waals surface area (Å²) in [6.45, 7) is 5.14. The van der Waals surface area contributed by atoms with Crippen LogP contribution in [0.4, 0.5) is 0 Å². The van der Waals surface area contributed by atoms with Crippen LogP contribution >= 0.6 is 0 Å². The summed E-state index contributed by atoms with van der Waals surface area (Å²) in [6, 6.07) is 30.7. The topological polar surface area (TPSA) is 117 Å². The SMILES string of the molecule is Cc1ccc(S(=O)(=O)NC(Cc2ccccc2)C(=O)NCc2ccc(C3OC(CN4CCCCCCC4)CC(c4ccc(CO)cc4)O3)cc2)cc1. The monoisotopic (exact) mass is 725 g/mol.